The number of carbonyl (C=O) groups is 1. The molecule has 0 aliphatic carbocycles. The molecule has 0 atom stereocenters. The van der Waals surface area contributed by atoms with E-state index in [-0.39, 0.29) is 28.6 Å². The van der Waals surface area contributed by atoms with Crippen molar-refractivity contribution in [2.45, 2.75) is 11.8 Å². The first kappa shape index (κ1) is 17.5. The fourth-order valence-corrected chi connectivity index (χ4v) is 2.63. The van der Waals surface area contributed by atoms with E-state index >= 15 is 0 Å². The fourth-order valence-electron chi connectivity index (χ4n) is 1.69. The summed E-state index contributed by atoms with van der Waals surface area (Å²) in [4.78, 5) is 15.6. The highest BCUT2D eigenvalue weighted by Crippen LogP contribution is 2.30. The monoisotopic (exact) mass is 375 g/mol. The Bertz CT molecular complexity index is 839. The van der Waals surface area contributed by atoms with Crippen molar-refractivity contribution in [1.82, 2.24) is 4.98 Å². The lowest BCUT2D eigenvalue weighted by molar-refractivity contribution is 0.0523. The summed E-state index contributed by atoms with van der Waals surface area (Å²) in [6, 6.07) is 5.12. The summed E-state index contributed by atoms with van der Waals surface area (Å²) in [5, 5.41) is 0.347. The first-order chi connectivity index (χ1) is 10.8. The molecule has 9 heteroatoms. The van der Waals surface area contributed by atoms with Gasteiger partial charge in [-0.1, -0.05) is 11.6 Å². The quantitative estimate of drug-likeness (QED) is 0.585. The van der Waals surface area contributed by atoms with Gasteiger partial charge in [-0.05, 0) is 25.1 Å². The number of ether oxygens (including phenoxy) is 2. The molecule has 0 saturated heterocycles. The topological polar surface area (TPSA) is 82.6 Å². The Balaban J connectivity index is 2.47. The summed E-state index contributed by atoms with van der Waals surface area (Å²) in [5.41, 5.74) is -0.0754. The van der Waals surface area contributed by atoms with E-state index in [1.54, 1.807) is 6.92 Å². The van der Waals surface area contributed by atoms with E-state index in [4.69, 9.17) is 31.8 Å². The zero-order valence-electron chi connectivity index (χ0n) is 11.8. The number of halogens is 2. The van der Waals surface area contributed by atoms with Crippen molar-refractivity contribution in [2.75, 3.05) is 6.61 Å². The molecule has 1 aromatic carbocycles. The van der Waals surface area contributed by atoms with Gasteiger partial charge in [0.05, 0.1) is 22.7 Å². The summed E-state index contributed by atoms with van der Waals surface area (Å²) in [5.74, 6) is -0.360. The second kappa shape index (κ2) is 7.16. The normalized spacial score (nSPS) is 11.1. The molecule has 0 unspecified atom stereocenters. The SMILES string of the molecule is CCOC(=O)c1cc(S(=O)(=O)Cl)ccc1Oc1cncc(Cl)c1. The predicted octanol–water partition coefficient (Wildman–Crippen LogP) is 3.63. The third-order valence-corrected chi connectivity index (χ3v) is 4.19. The van der Waals surface area contributed by atoms with Crippen LogP contribution in [0.3, 0.4) is 0 Å². The van der Waals surface area contributed by atoms with Crippen molar-refractivity contribution in [2.24, 2.45) is 0 Å². The summed E-state index contributed by atoms with van der Waals surface area (Å²) in [7, 11) is 1.30. The van der Waals surface area contributed by atoms with Crippen LogP contribution in [-0.2, 0) is 13.8 Å². The number of benzene rings is 1. The van der Waals surface area contributed by atoms with Crippen LogP contribution in [0.15, 0.2) is 41.6 Å². The van der Waals surface area contributed by atoms with Crippen LogP contribution in [0.25, 0.3) is 0 Å². The third-order valence-electron chi connectivity index (χ3n) is 2.64. The molecule has 0 spiro atoms. The summed E-state index contributed by atoms with van der Waals surface area (Å²) >= 11 is 5.82. The van der Waals surface area contributed by atoms with Crippen LogP contribution in [0.2, 0.25) is 5.02 Å². The smallest absolute Gasteiger partial charge is 0.341 e. The third kappa shape index (κ3) is 4.57. The molecule has 0 radical (unpaired) electrons. The van der Waals surface area contributed by atoms with E-state index < -0.39 is 15.0 Å². The lowest BCUT2D eigenvalue weighted by Crippen LogP contribution is -2.08. The van der Waals surface area contributed by atoms with Gasteiger partial charge in [-0.15, -0.1) is 0 Å². The summed E-state index contributed by atoms with van der Waals surface area (Å²) in [6.45, 7) is 1.75. The largest absolute Gasteiger partial charge is 0.462 e. The van der Waals surface area contributed by atoms with E-state index in [9.17, 15) is 13.2 Å². The van der Waals surface area contributed by atoms with Crippen molar-refractivity contribution in [1.29, 1.82) is 0 Å². The molecular formula is C14H11Cl2NO5S. The van der Waals surface area contributed by atoms with Gasteiger partial charge >= 0.3 is 5.97 Å². The fraction of sp³-hybridized carbons (Fsp3) is 0.143. The Morgan fingerprint density at radius 2 is 2.00 bits per heavy atom. The van der Waals surface area contributed by atoms with Crippen LogP contribution in [-0.4, -0.2) is 26.0 Å². The van der Waals surface area contributed by atoms with Gasteiger partial charge in [-0.3, -0.25) is 4.98 Å². The maximum atomic E-state index is 12.0. The molecule has 0 fully saturated rings. The lowest BCUT2D eigenvalue weighted by atomic mass is 10.2. The average Bonchev–Trinajstić information content (AvgIpc) is 2.46. The highest BCUT2D eigenvalue weighted by Gasteiger charge is 2.20. The second-order valence-corrected chi connectivity index (χ2v) is 7.26. The summed E-state index contributed by atoms with van der Waals surface area (Å²) < 4.78 is 33.3. The van der Waals surface area contributed by atoms with Crippen LogP contribution < -0.4 is 4.74 Å². The number of rotatable bonds is 5. The molecule has 122 valence electrons. The first-order valence-corrected chi connectivity index (χ1v) is 9.04. The van der Waals surface area contributed by atoms with Gasteiger partial charge in [-0.2, -0.15) is 0 Å². The Labute approximate surface area is 142 Å². The molecule has 0 saturated carbocycles. The molecule has 23 heavy (non-hydrogen) atoms. The van der Waals surface area contributed by atoms with Crippen LogP contribution in [0.5, 0.6) is 11.5 Å². The zero-order valence-corrected chi connectivity index (χ0v) is 14.2. The average molecular weight is 376 g/mol. The molecule has 0 aliphatic rings. The number of hydrogen-bond donors (Lipinski definition) is 0. The van der Waals surface area contributed by atoms with E-state index in [1.807, 2.05) is 0 Å². The molecule has 2 aromatic rings. The van der Waals surface area contributed by atoms with Crippen molar-refractivity contribution in [3.8, 4) is 11.5 Å². The van der Waals surface area contributed by atoms with Gasteiger partial charge in [0.2, 0.25) is 0 Å². The molecule has 1 aromatic heterocycles. The van der Waals surface area contributed by atoms with Gasteiger partial charge < -0.3 is 9.47 Å². The number of hydrogen-bond acceptors (Lipinski definition) is 6. The molecule has 0 bridgehead atoms. The van der Waals surface area contributed by atoms with Gasteiger partial charge in [0.1, 0.15) is 17.1 Å². The second-order valence-electron chi connectivity index (χ2n) is 4.26. The Hall–Kier alpha value is -1.83. The number of esters is 1. The standard InChI is InChI=1S/C14H11Cl2NO5S/c1-2-21-14(18)12-6-11(23(16,19)20)3-4-13(12)22-10-5-9(15)7-17-8-10/h3-8H,2H2,1H3. The van der Waals surface area contributed by atoms with Crippen molar-refractivity contribution < 1.29 is 22.7 Å². The predicted molar refractivity (Wildman–Crippen MR) is 84.8 cm³/mol. The minimum absolute atomic E-state index is 0.0754. The zero-order chi connectivity index (χ0) is 17.0. The maximum absolute atomic E-state index is 12.0. The Morgan fingerprint density at radius 1 is 1.26 bits per heavy atom. The minimum atomic E-state index is -3.99. The van der Waals surface area contributed by atoms with Gasteiger partial charge in [0.25, 0.3) is 9.05 Å². The van der Waals surface area contributed by atoms with Crippen molar-refractivity contribution in [3.63, 3.8) is 0 Å². The number of pyridine rings is 1. The number of carbonyl (C=O) groups excluding carboxylic acids is 1. The van der Waals surface area contributed by atoms with E-state index in [0.29, 0.717) is 5.02 Å². The summed E-state index contributed by atoms with van der Waals surface area (Å²) in [6.07, 6.45) is 2.82. The molecule has 0 aliphatic heterocycles. The maximum Gasteiger partial charge on any atom is 0.341 e. The molecule has 0 amide bonds. The number of nitrogens with zero attached hydrogens (tertiary/aromatic N) is 1. The van der Waals surface area contributed by atoms with Gasteiger partial charge in [-0.25, -0.2) is 13.2 Å². The van der Waals surface area contributed by atoms with Crippen LogP contribution in [0, 0.1) is 0 Å². The van der Waals surface area contributed by atoms with Crippen molar-refractivity contribution >= 4 is 37.3 Å². The Morgan fingerprint density at radius 3 is 2.61 bits per heavy atom. The first-order valence-electron chi connectivity index (χ1n) is 6.35. The highest BCUT2D eigenvalue weighted by molar-refractivity contribution is 8.13. The van der Waals surface area contributed by atoms with Gasteiger partial charge in [0, 0.05) is 22.9 Å². The van der Waals surface area contributed by atoms with E-state index in [2.05, 4.69) is 4.98 Å². The molecular weight excluding hydrogens is 365 g/mol. The molecule has 0 N–H and O–H groups in total. The lowest BCUT2D eigenvalue weighted by Gasteiger charge is -2.11. The minimum Gasteiger partial charge on any atom is -0.462 e. The number of aromatic nitrogens is 1. The van der Waals surface area contributed by atoms with E-state index in [0.717, 1.165) is 6.07 Å². The molecule has 2 rings (SSSR count). The van der Waals surface area contributed by atoms with Crippen molar-refractivity contribution in [3.05, 3.63) is 47.2 Å². The highest BCUT2D eigenvalue weighted by atomic mass is 35.7. The molecule has 6 nitrogen and oxygen atoms in total. The van der Waals surface area contributed by atoms with Crippen LogP contribution >= 0.6 is 22.3 Å². The van der Waals surface area contributed by atoms with Crippen LogP contribution in [0.1, 0.15) is 17.3 Å². The van der Waals surface area contributed by atoms with Gasteiger partial charge in [0.15, 0.2) is 0 Å². The Kier molecular flexibility index (Phi) is 5.46. The molecule has 1 heterocycles. The van der Waals surface area contributed by atoms with E-state index in [1.165, 1.54) is 30.6 Å². The van der Waals surface area contributed by atoms with Crippen LogP contribution in [0.4, 0.5) is 0 Å².